The number of aromatic nitrogens is 1. The van der Waals surface area contributed by atoms with E-state index >= 15 is 0 Å². The molecule has 0 atom stereocenters. The Bertz CT molecular complexity index is 441. The van der Waals surface area contributed by atoms with Crippen LogP contribution in [0.2, 0.25) is 0 Å². The van der Waals surface area contributed by atoms with Gasteiger partial charge in [-0.2, -0.15) is 13.2 Å². The van der Waals surface area contributed by atoms with Gasteiger partial charge in [-0.15, -0.1) is 0 Å². The Balaban J connectivity index is 3.24. The van der Waals surface area contributed by atoms with Crippen molar-refractivity contribution < 1.29 is 22.7 Å². The molecule has 0 saturated heterocycles. The summed E-state index contributed by atoms with van der Waals surface area (Å²) in [5.74, 6) is -0.587. The van der Waals surface area contributed by atoms with Crippen molar-refractivity contribution in [1.29, 1.82) is 0 Å². The van der Waals surface area contributed by atoms with Crippen LogP contribution in [-0.4, -0.2) is 18.1 Å². The molecule has 0 unspecified atom stereocenters. The molecule has 0 fully saturated rings. The topological polar surface area (TPSA) is 39.2 Å². The molecule has 1 aromatic rings. The van der Waals surface area contributed by atoms with Crippen molar-refractivity contribution >= 4 is 5.97 Å². The first kappa shape index (κ1) is 14.5. The van der Waals surface area contributed by atoms with Crippen LogP contribution in [0.3, 0.4) is 0 Å². The number of ether oxygens (including phenoxy) is 1. The summed E-state index contributed by atoms with van der Waals surface area (Å²) in [6.07, 6.45) is -4.23. The molecular formula is C12H14F3NO2. The summed E-state index contributed by atoms with van der Waals surface area (Å²) in [6, 6.07) is 1.90. The zero-order valence-corrected chi connectivity index (χ0v) is 10.3. The lowest BCUT2D eigenvalue weighted by molar-refractivity contribution is -0.141. The molecular weight excluding hydrogens is 247 g/mol. The average molecular weight is 261 g/mol. The lowest BCUT2D eigenvalue weighted by atomic mass is 10.0. The van der Waals surface area contributed by atoms with Crippen LogP contribution in [0.15, 0.2) is 12.1 Å². The molecule has 100 valence electrons. The second kappa shape index (κ2) is 5.37. The van der Waals surface area contributed by atoms with E-state index in [2.05, 4.69) is 9.72 Å². The Morgan fingerprint density at radius 3 is 2.44 bits per heavy atom. The summed E-state index contributed by atoms with van der Waals surface area (Å²) < 4.78 is 42.1. The fourth-order valence-electron chi connectivity index (χ4n) is 1.50. The van der Waals surface area contributed by atoms with E-state index in [0.717, 1.165) is 12.1 Å². The zero-order valence-electron chi connectivity index (χ0n) is 10.3. The van der Waals surface area contributed by atoms with Crippen LogP contribution < -0.4 is 0 Å². The van der Waals surface area contributed by atoms with E-state index in [-0.39, 0.29) is 23.6 Å². The maximum Gasteiger partial charge on any atom is 0.433 e. The predicted molar refractivity (Wildman–Crippen MR) is 59.1 cm³/mol. The average Bonchev–Trinajstić information content (AvgIpc) is 2.26. The third kappa shape index (κ3) is 3.45. The minimum Gasteiger partial charge on any atom is -0.465 e. The van der Waals surface area contributed by atoms with Crippen LogP contribution in [0, 0.1) is 5.92 Å². The summed E-state index contributed by atoms with van der Waals surface area (Å²) in [4.78, 5) is 15.0. The molecule has 1 rings (SSSR count). The van der Waals surface area contributed by atoms with Gasteiger partial charge < -0.3 is 4.74 Å². The van der Waals surface area contributed by atoms with Gasteiger partial charge >= 0.3 is 12.1 Å². The van der Waals surface area contributed by atoms with Gasteiger partial charge in [0.25, 0.3) is 0 Å². The number of halogens is 3. The van der Waals surface area contributed by atoms with Crippen molar-refractivity contribution in [1.82, 2.24) is 4.98 Å². The number of carbonyl (C=O) groups is 1. The molecule has 0 radical (unpaired) electrons. The number of hydrogen-bond acceptors (Lipinski definition) is 3. The van der Waals surface area contributed by atoms with Crippen molar-refractivity contribution in [2.24, 2.45) is 5.92 Å². The number of hydrogen-bond donors (Lipinski definition) is 0. The summed E-state index contributed by atoms with van der Waals surface area (Å²) in [5, 5.41) is 0. The molecule has 3 nitrogen and oxygen atoms in total. The molecule has 0 saturated carbocycles. The molecule has 0 spiro atoms. The summed E-state index contributed by atoms with van der Waals surface area (Å²) in [7, 11) is 1.18. The summed E-state index contributed by atoms with van der Waals surface area (Å²) in [6.45, 7) is 3.67. The SMILES string of the molecule is COC(=O)c1ccc(C(F)(F)F)nc1CC(C)C. The van der Waals surface area contributed by atoms with E-state index in [9.17, 15) is 18.0 Å². The molecule has 1 heterocycles. The zero-order chi connectivity index (χ0) is 13.9. The number of methoxy groups -OCH3 is 1. The lowest BCUT2D eigenvalue weighted by Crippen LogP contribution is -2.15. The predicted octanol–water partition coefficient (Wildman–Crippen LogP) is 3.09. The highest BCUT2D eigenvalue weighted by Gasteiger charge is 2.33. The van der Waals surface area contributed by atoms with E-state index in [0.29, 0.717) is 0 Å². The van der Waals surface area contributed by atoms with Crippen molar-refractivity contribution in [3.63, 3.8) is 0 Å². The number of esters is 1. The van der Waals surface area contributed by atoms with Gasteiger partial charge in [0.2, 0.25) is 0 Å². The Labute approximate surface area is 103 Å². The van der Waals surface area contributed by atoms with Gasteiger partial charge in [-0.3, -0.25) is 0 Å². The maximum atomic E-state index is 12.5. The molecule has 6 heteroatoms. The normalized spacial score (nSPS) is 11.7. The monoisotopic (exact) mass is 261 g/mol. The second-order valence-electron chi connectivity index (χ2n) is 4.28. The van der Waals surface area contributed by atoms with Gasteiger partial charge in [-0.05, 0) is 24.5 Å². The number of rotatable bonds is 3. The quantitative estimate of drug-likeness (QED) is 0.785. The van der Waals surface area contributed by atoms with Crippen LogP contribution >= 0.6 is 0 Å². The van der Waals surface area contributed by atoms with E-state index in [4.69, 9.17) is 0 Å². The standard InChI is InChI=1S/C12H14F3NO2/c1-7(2)6-9-8(11(17)18-3)4-5-10(16-9)12(13,14)15/h4-5,7H,6H2,1-3H3. The minimum absolute atomic E-state index is 0.0826. The highest BCUT2D eigenvalue weighted by molar-refractivity contribution is 5.90. The Morgan fingerprint density at radius 2 is 2.00 bits per heavy atom. The maximum absolute atomic E-state index is 12.5. The smallest absolute Gasteiger partial charge is 0.433 e. The largest absolute Gasteiger partial charge is 0.465 e. The van der Waals surface area contributed by atoms with Crippen molar-refractivity contribution in [2.75, 3.05) is 7.11 Å². The van der Waals surface area contributed by atoms with Crippen molar-refractivity contribution in [3.8, 4) is 0 Å². The number of alkyl halides is 3. The molecule has 0 aliphatic rings. The van der Waals surface area contributed by atoms with Crippen LogP contribution in [0.5, 0.6) is 0 Å². The Kier molecular flexibility index (Phi) is 4.32. The second-order valence-corrected chi connectivity index (χ2v) is 4.28. The first-order valence-electron chi connectivity index (χ1n) is 5.41. The highest BCUT2D eigenvalue weighted by atomic mass is 19.4. The van der Waals surface area contributed by atoms with Gasteiger partial charge in [0.15, 0.2) is 0 Å². The molecule has 1 aromatic heterocycles. The molecule has 0 N–H and O–H groups in total. The highest BCUT2D eigenvalue weighted by Crippen LogP contribution is 2.28. The van der Waals surface area contributed by atoms with Gasteiger partial charge in [0.05, 0.1) is 18.4 Å². The molecule has 18 heavy (non-hydrogen) atoms. The Hall–Kier alpha value is -1.59. The van der Waals surface area contributed by atoms with Gasteiger partial charge in [0.1, 0.15) is 5.69 Å². The van der Waals surface area contributed by atoms with E-state index in [1.54, 1.807) is 0 Å². The number of pyridine rings is 1. The van der Waals surface area contributed by atoms with E-state index < -0.39 is 17.8 Å². The summed E-state index contributed by atoms with van der Waals surface area (Å²) in [5.41, 5.74) is -0.795. The van der Waals surface area contributed by atoms with Crippen LogP contribution in [0.25, 0.3) is 0 Å². The lowest BCUT2D eigenvalue weighted by Gasteiger charge is -2.12. The Morgan fingerprint density at radius 1 is 1.39 bits per heavy atom. The number of carbonyl (C=O) groups excluding carboxylic acids is 1. The molecule has 0 aliphatic carbocycles. The van der Waals surface area contributed by atoms with Crippen molar-refractivity contribution in [3.05, 3.63) is 29.1 Å². The van der Waals surface area contributed by atoms with Gasteiger partial charge in [-0.1, -0.05) is 13.8 Å². The molecule has 0 aliphatic heterocycles. The summed E-state index contributed by atoms with van der Waals surface area (Å²) >= 11 is 0. The fourth-order valence-corrected chi connectivity index (χ4v) is 1.50. The van der Waals surface area contributed by atoms with Gasteiger partial charge in [-0.25, -0.2) is 9.78 Å². The molecule has 0 aromatic carbocycles. The van der Waals surface area contributed by atoms with Crippen LogP contribution in [-0.2, 0) is 17.3 Å². The van der Waals surface area contributed by atoms with Crippen LogP contribution in [0.1, 0.15) is 35.6 Å². The van der Waals surface area contributed by atoms with E-state index in [1.807, 2.05) is 13.8 Å². The minimum atomic E-state index is -4.51. The first-order valence-corrected chi connectivity index (χ1v) is 5.41. The fraction of sp³-hybridized carbons (Fsp3) is 0.500. The third-order valence-corrected chi connectivity index (χ3v) is 2.27. The van der Waals surface area contributed by atoms with Crippen LogP contribution in [0.4, 0.5) is 13.2 Å². The van der Waals surface area contributed by atoms with Gasteiger partial charge in [0, 0.05) is 0 Å². The van der Waals surface area contributed by atoms with Crippen molar-refractivity contribution in [2.45, 2.75) is 26.4 Å². The number of nitrogens with zero attached hydrogens (tertiary/aromatic N) is 1. The molecule has 0 amide bonds. The van der Waals surface area contributed by atoms with E-state index in [1.165, 1.54) is 7.11 Å². The first-order chi connectivity index (χ1) is 8.25. The molecule has 0 bridgehead atoms. The third-order valence-electron chi connectivity index (χ3n) is 2.27.